The Morgan fingerprint density at radius 1 is 1.27 bits per heavy atom. The fourth-order valence-corrected chi connectivity index (χ4v) is 2.38. The van der Waals surface area contributed by atoms with Crippen LogP contribution < -0.4 is 0 Å². The predicted octanol–water partition coefficient (Wildman–Crippen LogP) is 3.75. The zero-order valence-corrected chi connectivity index (χ0v) is 9.59. The molecular formula is C8H11F3N2S2. The van der Waals surface area contributed by atoms with Gasteiger partial charge in [0, 0.05) is 6.42 Å². The van der Waals surface area contributed by atoms with Gasteiger partial charge in [0.1, 0.15) is 5.03 Å². The topological polar surface area (TPSA) is 25.8 Å². The highest BCUT2D eigenvalue weighted by Gasteiger charge is 2.25. The lowest BCUT2D eigenvalue weighted by Crippen LogP contribution is -2.06. The highest BCUT2D eigenvalue weighted by molar-refractivity contribution is 7.99. The zero-order valence-electron chi connectivity index (χ0n) is 7.96. The van der Waals surface area contributed by atoms with Crippen LogP contribution in [0.5, 0.6) is 0 Å². The molecule has 0 aromatic carbocycles. The lowest BCUT2D eigenvalue weighted by Gasteiger charge is -2.04. The molecule has 1 heterocycles. The van der Waals surface area contributed by atoms with E-state index >= 15 is 0 Å². The molecule has 7 heteroatoms. The van der Waals surface area contributed by atoms with Crippen LogP contribution in [0.3, 0.4) is 0 Å². The van der Waals surface area contributed by atoms with E-state index in [1.54, 1.807) is 18.0 Å². The molecule has 0 saturated heterocycles. The van der Waals surface area contributed by atoms with Gasteiger partial charge in [0.05, 0.1) is 17.9 Å². The SMILES string of the molecule is FC(F)(F)CCCCCSc1cnsn1. The molecule has 0 saturated carbocycles. The first-order valence-electron chi connectivity index (χ1n) is 4.55. The molecule has 0 unspecified atom stereocenters. The quantitative estimate of drug-likeness (QED) is 0.572. The number of nitrogens with zero attached hydrogens (tertiary/aromatic N) is 2. The molecule has 1 aromatic rings. The van der Waals surface area contributed by atoms with Crippen LogP contribution in [0.4, 0.5) is 13.2 Å². The molecule has 15 heavy (non-hydrogen) atoms. The van der Waals surface area contributed by atoms with Crippen molar-refractivity contribution in [1.29, 1.82) is 0 Å². The molecule has 0 amide bonds. The van der Waals surface area contributed by atoms with Gasteiger partial charge in [-0.3, -0.25) is 0 Å². The lowest BCUT2D eigenvalue weighted by molar-refractivity contribution is -0.135. The van der Waals surface area contributed by atoms with E-state index in [9.17, 15) is 13.2 Å². The van der Waals surface area contributed by atoms with Gasteiger partial charge >= 0.3 is 6.18 Å². The van der Waals surface area contributed by atoms with Gasteiger partial charge in [-0.05, 0) is 18.6 Å². The molecule has 1 aromatic heterocycles. The fourth-order valence-electron chi connectivity index (χ4n) is 1.00. The number of aromatic nitrogens is 2. The second-order valence-corrected chi connectivity index (χ2v) is 4.69. The molecule has 0 aliphatic heterocycles. The summed E-state index contributed by atoms with van der Waals surface area (Å²) in [4.78, 5) is 0. The highest BCUT2D eigenvalue weighted by Crippen LogP contribution is 2.23. The summed E-state index contributed by atoms with van der Waals surface area (Å²) >= 11 is 2.68. The number of hydrogen-bond acceptors (Lipinski definition) is 4. The van der Waals surface area contributed by atoms with Crippen LogP contribution in [0.25, 0.3) is 0 Å². The second-order valence-electron chi connectivity index (χ2n) is 3.02. The van der Waals surface area contributed by atoms with Gasteiger partial charge in [0.15, 0.2) is 0 Å². The third-order valence-corrected chi connectivity index (χ3v) is 3.27. The summed E-state index contributed by atoms with van der Waals surface area (Å²) in [6.45, 7) is 0. The van der Waals surface area contributed by atoms with Gasteiger partial charge < -0.3 is 0 Å². The molecule has 0 bridgehead atoms. The van der Waals surface area contributed by atoms with E-state index in [2.05, 4.69) is 8.75 Å². The van der Waals surface area contributed by atoms with Gasteiger partial charge in [-0.1, -0.05) is 6.42 Å². The zero-order chi connectivity index (χ0) is 11.1. The van der Waals surface area contributed by atoms with Crippen molar-refractivity contribution in [2.75, 3.05) is 5.75 Å². The van der Waals surface area contributed by atoms with E-state index < -0.39 is 12.6 Å². The number of thioether (sulfide) groups is 1. The predicted molar refractivity (Wildman–Crippen MR) is 55.2 cm³/mol. The summed E-state index contributed by atoms with van der Waals surface area (Å²) in [7, 11) is 0. The maximum atomic E-state index is 11.8. The van der Waals surface area contributed by atoms with Crippen LogP contribution in [0.1, 0.15) is 25.7 Å². The standard InChI is InChI=1S/C8H11F3N2S2/c9-8(10,11)4-2-1-3-5-14-7-6-12-15-13-7/h6H,1-5H2. The Kier molecular flexibility index (Phi) is 5.38. The third kappa shape index (κ3) is 6.72. The Bertz CT molecular complexity index is 261. The Morgan fingerprint density at radius 3 is 2.67 bits per heavy atom. The van der Waals surface area contributed by atoms with Crippen molar-refractivity contribution in [3.63, 3.8) is 0 Å². The molecule has 0 aliphatic rings. The molecule has 0 atom stereocenters. The van der Waals surface area contributed by atoms with Crippen LogP contribution in [0, 0.1) is 0 Å². The number of halogens is 3. The van der Waals surface area contributed by atoms with Crippen molar-refractivity contribution >= 4 is 23.5 Å². The fraction of sp³-hybridized carbons (Fsp3) is 0.750. The summed E-state index contributed by atoms with van der Waals surface area (Å²) < 4.78 is 43.1. The minimum absolute atomic E-state index is 0.222. The Morgan fingerprint density at radius 2 is 2.07 bits per heavy atom. The first-order valence-corrected chi connectivity index (χ1v) is 6.26. The van der Waals surface area contributed by atoms with E-state index in [0.29, 0.717) is 6.42 Å². The van der Waals surface area contributed by atoms with E-state index in [1.807, 2.05) is 0 Å². The number of hydrogen-bond donors (Lipinski definition) is 0. The monoisotopic (exact) mass is 256 g/mol. The Labute approximate surface area is 94.6 Å². The minimum Gasteiger partial charge on any atom is -0.180 e. The van der Waals surface area contributed by atoms with Crippen molar-refractivity contribution in [1.82, 2.24) is 8.75 Å². The molecular weight excluding hydrogens is 245 g/mol. The molecule has 1 rings (SSSR count). The minimum atomic E-state index is -4.01. The maximum absolute atomic E-state index is 11.8. The van der Waals surface area contributed by atoms with Crippen molar-refractivity contribution < 1.29 is 13.2 Å². The van der Waals surface area contributed by atoms with Crippen LogP contribution in [-0.4, -0.2) is 20.7 Å². The van der Waals surface area contributed by atoms with E-state index in [0.717, 1.165) is 28.9 Å². The molecule has 0 radical (unpaired) electrons. The summed E-state index contributed by atoms with van der Waals surface area (Å²) in [6, 6.07) is 0. The third-order valence-electron chi connectivity index (χ3n) is 1.70. The van der Waals surface area contributed by atoms with Gasteiger partial charge in [0.2, 0.25) is 0 Å². The maximum Gasteiger partial charge on any atom is 0.389 e. The summed E-state index contributed by atoms with van der Waals surface area (Å²) in [5.74, 6) is 0.809. The van der Waals surface area contributed by atoms with Gasteiger partial charge in [-0.2, -0.15) is 21.9 Å². The molecule has 0 spiro atoms. The average molecular weight is 256 g/mol. The Hall–Kier alpha value is -0.300. The van der Waals surface area contributed by atoms with Crippen LogP contribution in [-0.2, 0) is 0 Å². The number of unbranched alkanes of at least 4 members (excludes halogenated alkanes) is 2. The van der Waals surface area contributed by atoms with Gasteiger partial charge in [0.25, 0.3) is 0 Å². The van der Waals surface area contributed by atoms with Crippen molar-refractivity contribution in [3.05, 3.63) is 6.20 Å². The lowest BCUT2D eigenvalue weighted by atomic mass is 10.2. The first-order chi connectivity index (χ1) is 7.08. The molecule has 86 valence electrons. The van der Waals surface area contributed by atoms with E-state index in [4.69, 9.17) is 0 Å². The van der Waals surface area contributed by atoms with Gasteiger partial charge in [-0.25, -0.2) is 0 Å². The van der Waals surface area contributed by atoms with E-state index in [1.165, 1.54) is 0 Å². The second kappa shape index (κ2) is 6.32. The molecule has 0 fully saturated rings. The summed E-state index contributed by atoms with van der Waals surface area (Å²) in [5, 5.41) is 0.857. The smallest absolute Gasteiger partial charge is 0.180 e. The van der Waals surface area contributed by atoms with Crippen LogP contribution in [0.2, 0.25) is 0 Å². The van der Waals surface area contributed by atoms with Crippen molar-refractivity contribution in [2.24, 2.45) is 0 Å². The van der Waals surface area contributed by atoms with Crippen LogP contribution in [0.15, 0.2) is 11.2 Å². The largest absolute Gasteiger partial charge is 0.389 e. The summed E-state index contributed by atoms with van der Waals surface area (Å²) in [5.41, 5.74) is 0. The van der Waals surface area contributed by atoms with Crippen molar-refractivity contribution in [2.45, 2.75) is 36.9 Å². The van der Waals surface area contributed by atoms with Crippen LogP contribution >= 0.6 is 23.5 Å². The van der Waals surface area contributed by atoms with Gasteiger partial charge in [-0.15, -0.1) is 11.8 Å². The highest BCUT2D eigenvalue weighted by atomic mass is 32.2. The number of alkyl halides is 3. The molecule has 2 nitrogen and oxygen atoms in total. The number of rotatable bonds is 6. The first kappa shape index (κ1) is 12.8. The molecule has 0 N–H and O–H groups in total. The average Bonchev–Trinajstić information content (AvgIpc) is 2.61. The normalized spacial score (nSPS) is 11.9. The summed E-state index contributed by atoms with van der Waals surface area (Å²) in [6.07, 6.45) is -1.38. The van der Waals surface area contributed by atoms with E-state index in [-0.39, 0.29) is 6.42 Å². The molecule has 0 aliphatic carbocycles. The van der Waals surface area contributed by atoms with Crippen molar-refractivity contribution in [3.8, 4) is 0 Å². The Balaban J connectivity index is 1.94.